The Bertz CT molecular complexity index is 596. The van der Waals surface area contributed by atoms with E-state index in [1.165, 1.54) is 0 Å². The van der Waals surface area contributed by atoms with E-state index in [1.807, 2.05) is 24.3 Å². The van der Waals surface area contributed by atoms with Crippen molar-refractivity contribution in [3.63, 3.8) is 0 Å². The molecule has 5 heteroatoms. The molecule has 2 aromatic rings. The van der Waals surface area contributed by atoms with Gasteiger partial charge in [0.05, 0.1) is 12.7 Å². The zero-order chi connectivity index (χ0) is 15.1. The van der Waals surface area contributed by atoms with Gasteiger partial charge < -0.3 is 14.2 Å². The van der Waals surface area contributed by atoms with Crippen molar-refractivity contribution in [1.29, 1.82) is 0 Å². The molecule has 0 aliphatic rings. The molecule has 0 bridgehead atoms. The number of aldehydes is 1. The van der Waals surface area contributed by atoms with Crippen LogP contribution in [0.5, 0.6) is 17.2 Å². The molecule has 0 fully saturated rings. The number of halogens is 1. The lowest BCUT2D eigenvalue weighted by molar-refractivity contribution is 0.111. The molecule has 0 unspecified atom stereocenters. The minimum atomic E-state index is 0.350. The minimum absolute atomic E-state index is 0.350. The third-order valence-corrected chi connectivity index (χ3v) is 3.30. The maximum atomic E-state index is 11.0. The first-order valence-electron chi connectivity index (χ1n) is 6.37. The SMILES string of the molecule is COc1ccc(OCCOc2ccc(Br)cc2)c(C=O)c1. The fourth-order valence-corrected chi connectivity index (χ4v) is 1.98. The Morgan fingerprint density at radius 3 is 2.33 bits per heavy atom. The summed E-state index contributed by atoms with van der Waals surface area (Å²) < 4.78 is 17.2. The van der Waals surface area contributed by atoms with Crippen LogP contribution in [-0.4, -0.2) is 26.6 Å². The smallest absolute Gasteiger partial charge is 0.153 e. The van der Waals surface area contributed by atoms with Crippen molar-refractivity contribution in [2.45, 2.75) is 0 Å². The minimum Gasteiger partial charge on any atom is -0.497 e. The van der Waals surface area contributed by atoms with Crippen LogP contribution < -0.4 is 14.2 Å². The highest BCUT2D eigenvalue weighted by atomic mass is 79.9. The molecule has 0 saturated carbocycles. The van der Waals surface area contributed by atoms with E-state index in [0.29, 0.717) is 30.3 Å². The third-order valence-electron chi connectivity index (χ3n) is 2.77. The molecule has 4 nitrogen and oxygen atoms in total. The van der Waals surface area contributed by atoms with Crippen LogP contribution in [0, 0.1) is 0 Å². The molecule has 0 heterocycles. The molecule has 0 atom stereocenters. The summed E-state index contributed by atoms with van der Waals surface area (Å²) in [6.45, 7) is 0.745. The van der Waals surface area contributed by atoms with E-state index in [2.05, 4.69) is 15.9 Å². The predicted molar refractivity (Wildman–Crippen MR) is 83.5 cm³/mol. The average Bonchev–Trinajstić information content (AvgIpc) is 2.53. The van der Waals surface area contributed by atoms with Gasteiger partial charge in [-0.3, -0.25) is 4.79 Å². The molecule has 2 rings (SSSR count). The molecule has 0 aromatic heterocycles. The van der Waals surface area contributed by atoms with Crippen molar-refractivity contribution in [2.75, 3.05) is 20.3 Å². The van der Waals surface area contributed by atoms with Gasteiger partial charge in [0.15, 0.2) is 6.29 Å². The monoisotopic (exact) mass is 350 g/mol. The number of benzene rings is 2. The van der Waals surface area contributed by atoms with E-state index in [1.54, 1.807) is 25.3 Å². The lowest BCUT2D eigenvalue weighted by Crippen LogP contribution is -2.10. The number of hydrogen-bond acceptors (Lipinski definition) is 4. The third kappa shape index (κ3) is 4.49. The van der Waals surface area contributed by atoms with E-state index in [9.17, 15) is 4.79 Å². The Hall–Kier alpha value is -2.01. The van der Waals surface area contributed by atoms with Gasteiger partial charge in [0.2, 0.25) is 0 Å². The lowest BCUT2D eigenvalue weighted by atomic mass is 10.2. The molecule has 0 N–H and O–H groups in total. The first kappa shape index (κ1) is 15.4. The molecule has 0 amide bonds. The summed E-state index contributed by atoms with van der Waals surface area (Å²) in [5, 5.41) is 0. The Morgan fingerprint density at radius 2 is 1.67 bits per heavy atom. The number of methoxy groups -OCH3 is 1. The maximum absolute atomic E-state index is 11.0. The molecular formula is C16H15BrO4. The summed E-state index contributed by atoms with van der Waals surface area (Å²) in [7, 11) is 1.55. The maximum Gasteiger partial charge on any atom is 0.153 e. The van der Waals surface area contributed by atoms with Crippen molar-refractivity contribution in [2.24, 2.45) is 0 Å². The van der Waals surface area contributed by atoms with Gasteiger partial charge in [0, 0.05) is 4.47 Å². The summed E-state index contributed by atoms with van der Waals surface area (Å²) in [5.41, 5.74) is 0.456. The van der Waals surface area contributed by atoms with E-state index >= 15 is 0 Å². The van der Waals surface area contributed by atoms with E-state index in [0.717, 1.165) is 16.5 Å². The second kappa shape index (κ2) is 7.69. The zero-order valence-electron chi connectivity index (χ0n) is 11.5. The van der Waals surface area contributed by atoms with Crippen molar-refractivity contribution in [3.8, 4) is 17.2 Å². The number of hydrogen-bond donors (Lipinski definition) is 0. The first-order chi connectivity index (χ1) is 10.2. The lowest BCUT2D eigenvalue weighted by Gasteiger charge is -2.10. The zero-order valence-corrected chi connectivity index (χ0v) is 13.1. The Kier molecular flexibility index (Phi) is 5.63. The summed E-state index contributed by atoms with van der Waals surface area (Å²) in [6, 6.07) is 12.6. The molecule has 110 valence electrons. The summed E-state index contributed by atoms with van der Waals surface area (Å²) in [4.78, 5) is 11.0. The second-order valence-electron chi connectivity index (χ2n) is 4.17. The van der Waals surface area contributed by atoms with Crippen LogP contribution in [0.3, 0.4) is 0 Å². The summed E-state index contributed by atoms with van der Waals surface area (Å²) in [5.74, 6) is 1.91. The van der Waals surface area contributed by atoms with Gasteiger partial charge in [-0.25, -0.2) is 0 Å². The van der Waals surface area contributed by atoms with E-state index in [-0.39, 0.29) is 0 Å². The van der Waals surface area contributed by atoms with Crippen LogP contribution in [0.15, 0.2) is 46.9 Å². The van der Waals surface area contributed by atoms with Gasteiger partial charge in [-0.05, 0) is 42.5 Å². The van der Waals surface area contributed by atoms with Crippen molar-refractivity contribution < 1.29 is 19.0 Å². The van der Waals surface area contributed by atoms with Crippen molar-refractivity contribution in [1.82, 2.24) is 0 Å². The molecule has 0 aliphatic carbocycles. The number of rotatable bonds is 7. The highest BCUT2D eigenvalue weighted by Crippen LogP contribution is 2.22. The number of carbonyl (C=O) groups excluding carboxylic acids is 1. The fourth-order valence-electron chi connectivity index (χ4n) is 1.72. The standard InChI is InChI=1S/C16H15BrO4/c1-19-15-6-7-16(12(10-15)11-18)21-9-8-20-14-4-2-13(17)3-5-14/h2-7,10-11H,8-9H2,1H3. The molecule has 0 aliphatic heterocycles. The van der Waals surface area contributed by atoms with Crippen LogP contribution in [0.25, 0.3) is 0 Å². The van der Waals surface area contributed by atoms with Crippen LogP contribution in [0.4, 0.5) is 0 Å². The normalized spacial score (nSPS) is 10.0. The largest absolute Gasteiger partial charge is 0.497 e. The van der Waals surface area contributed by atoms with Gasteiger partial charge in [0.25, 0.3) is 0 Å². The van der Waals surface area contributed by atoms with Gasteiger partial charge in [-0.2, -0.15) is 0 Å². The molecule has 21 heavy (non-hydrogen) atoms. The van der Waals surface area contributed by atoms with Gasteiger partial charge >= 0.3 is 0 Å². The molecule has 0 spiro atoms. The van der Waals surface area contributed by atoms with Gasteiger partial charge in [0.1, 0.15) is 30.5 Å². The molecule has 0 radical (unpaired) electrons. The van der Waals surface area contributed by atoms with Crippen molar-refractivity contribution in [3.05, 3.63) is 52.5 Å². The highest BCUT2D eigenvalue weighted by molar-refractivity contribution is 9.10. The summed E-state index contributed by atoms with van der Waals surface area (Å²) in [6.07, 6.45) is 0.743. The number of ether oxygens (including phenoxy) is 3. The van der Waals surface area contributed by atoms with Gasteiger partial charge in [-0.1, -0.05) is 15.9 Å². The molecule has 0 saturated heterocycles. The quantitative estimate of drug-likeness (QED) is 0.563. The topological polar surface area (TPSA) is 44.8 Å². The van der Waals surface area contributed by atoms with Crippen LogP contribution in [0.1, 0.15) is 10.4 Å². The van der Waals surface area contributed by atoms with Crippen molar-refractivity contribution >= 4 is 22.2 Å². The molecule has 2 aromatic carbocycles. The average molecular weight is 351 g/mol. The Morgan fingerprint density at radius 1 is 1.00 bits per heavy atom. The Labute approximate surface area is 131 Å². The van der Waals surface area contributed by atoms with Crippen LogP contribution in [0.2, 0.25) is 0 Å². The van der Waals surface area contributed by atoms with E-state index in [4.69, 9.17) is 14.2 Å². The highest BCUT2D eigenvalue weighted by Gasteiger charge is 2.05. The van der Waals surface area contributed by atoms with E-state index < -0.39 is 0 Å². The first-order valence-corrected chi connectivity index (χ1v) is 7.16. The van der Waals surface area contributed by atoms with Crippen LogP contribution in [-0.2, 0) is 0 Å². The molecular weight excluding hydrogens is 336 g/mol. The fraction of sp³-hybridized carbons (Fsp3) is 0.188. The number of carbonyl (C=O) groups is 1. The predicted octanol–water partition coefficient (Wildman–Crippen LogP) is 3.73. The van der Waals surface area contributed by atoms with Gasteiger partial charge in [-0.15, -0.1) is 0 Å². The second-order valence-corrected chi connectivity index (χ2v) is 5.09. The van der Waals surface area contributed by atoms with Crippen LogP contribution >= 0.6 is 15.9 Å². The Balaban J connectivity index is 1.85. The summed E-state index contributed by atoms with van der Waals surface area (Å²) >= 11 is 3.36.